The van der Waals surface area contributed by atoms with Crippen LogP contribution in [0.15, 0.2) is 24.5 Å². The van der Waals surface area contributed by atoms with E-state index in [9.17, 15) is 5.26 Å². The van der Waals surface area contributed by atoms with Crippen LogP contribution in [0.25, 0.3) is 0 Å². The lowest BCUT2D eigenvalue weighted by molar-refractivity contribution is 0.338. The Morgan fingerprint density at radius 1 is 1.26 bits per heavy atom. The van der Waals surface area contributed by atoms with Gasteiger partial charge in [0.05, 0.1) is 13.3 Å². The summed E-state index contributed by atoms with van der Waals surface area (Å²) >= 11 is 0. The molecule has 0 amide bonds. The standard InChI is InChI=1S/C19H25N7O/c1-27-18-14(3-2-8-22-18)11-24-19-25-12-15(9-20)17(26-19)23-10-13-4-6-16(21)7-5-13/h2-3,8,12-13,16H,4-7,10-11,21H2,1H3,(H2,23,24,25,26)/t13-,16-. The van der Waals surface area contributed by atoms with Gasteiger partial charge in [-0.25, -0.2) is 9.97 Å². The first kappa shape index (κ1) is 18.9. The molecule has 0 atom stereocenters. The van der Waals surface area contributed by atoms with E-state index in [0.717, 1.165) is 37.8 Å². The molecule has 1 aliphatic carbocycles. The van der Waals surface area contributed by atoms with Crippen LogP contribution in [-0.2, 0) is 6.54 Å². The highest BCUT2D eigenvalue weighted by atomic mass is 16.5. The number of ether oxygens (including phenoxy) is 1. The van der Waals surface area contributed by atoms with Crippen LogP contribution in [0.2, 0.25) is 0 Å². The van der Waals surface area contributed by atoms with Crippen molar-refractivity contribution in [3.05, 3.63) is 35.7 Å². The van der Waals surface area contributed by atoms with Gasteiger partial charge >= 0.3 is 0 Å². The van der Waals surface area contributed by atoms with Gasteiger partial charge in [-0.2, -0.15) is 10.2 Å². The SMILES string of the molecule is COc1ncccc1CNc1ncc(C#N)c(NC[C@H]2CC[C@H](N)CC2)n1. The number of hydrogen-bond acceptors (Lipinski definition) is 8. The lowest BCUT2D eigenvalue weighted by Gasteiger charge is -2.26. The van der Waals surface area contributed by atoms with E-state index in [2.05, 4.69) is 31.7 Å². The molecule has 0 aliphatic heterocycles. The molecule has 0 radical (unpaired) electrons. The zero-order chi connectivity index (χ0) is 19.1. The van der Waals surface area contributed by atoms with Gasteiger partial charge in [0.15, 0.2) is 0 Å². The fraction of sp³-hybridized carbons (Fsp3) is 0.474. The first-order chi connectivity index (χ1) is 13.2. The number of nitriles is 1. The van der Waals surface area contributed by atoms with Crippen molar-refractivity contribution in [2.24, 2.45) is 11.7 Å². The largest absolute Gasteiger partial charge is 0.481 e. The number of pyridine rings is 1. The van der Waals surface area contributed by atoms with Crippen LogP contribution in [-0.4, -0.2) is 34.6 Å². The van der Waals surface area contributed by atoms with Crippen molar-refractivity contribution in [3.63, 3.8) is 0 Å². The lowest BCUT2D eigenvalue weighted by Crippen LogP contribution is -2.29. The van der Waals surface area contributed by atoms with Gasteiger partial charge in [-0.15, -0.1) is 0 Å². The summed E-state index contributed by atoms with van der Waals surface area (Å²) in [6.45, 7) is 1.26. The summed E-state index contributed by atoms with van der Waals surface area (Å²) in [5.74, 6) is 2.13. The maximum atomic E-state index is 9.33. The average Bonchev–Trinajstić information content (AvgIpc) is 2.72. The number of nitrogens with two attached hydrogens (primary N) is 1. The third-order valence-corrected chi connectivity index (χ3v) is 4.84. The summed E-state index contributed by atoms with van der Waals surface area (Å²) in [6, 6.07) is 6.25. The molecule has 0 unspecified atom stereocenters. The molecule has 0 spiro atoms. The second-order valence-electron chi connectivity index (χ2n) is 6.75. The number of anilines is 2. The second-order valence-corrected chi connectivity index (χ2v) is 6.75. The monoisotopic (exact) mass is 367 g/mol. The molecular weight excluding hydrogens is 342 g/mol. The zero-order valence-corrected chi connectivity index (χ0v) is 15.5. The molecule has 1 saturated carbocycles. The minimum atomic E-state index is 0.329. The molecule has 0 saturated heterocycles. The molecule has 142 valence electrons. The quantitative estimate of drug-likeness (QED) is 0.681. The van der Waals surface area contributed by atoms with Crippen molar-refractivity contribution >= 4 is 11.8 Å². The fourth-order valence-electron chi connectivity index (χ4n) is 3.23. The van der Waals surface area contributed by atoms with Crippen LogP contribution < -0.4 is 21.1 Å². The first-order valence-electron chi connectivity index (χ1n) is 9.18. The van der Waals surface area contributed by atoms with E-state index in [1.54, 1.807) is 13.3 Å². The second kappa shape index (κ2) is 9.14. The highest BCUT2D eigenvalue weighted by Crippen LogP contribution is 2.24. The highest BCUT2D eigenvalue weighted by Gasteiger charge is 2.19. The minimum absolute atomic E-state index is 0.329. The van der Waals surface area contributed by atoms with Crippen LogP contribution >= 0.6 is 0 Å². The van der Waals surface area contributed by atoms with Crippen molar-refractivity contribution in [3.8, 4) is 11.9 Å². The third-order valence-electron chi connectivity index (χ3n) is 4.84. The fourth-order valence-corrected chi connectivity index (χ4v) is 3.23. The molecular formula is C19H25N7O. The molecule has 2 aromatic heterocycles. The Balaban J connectivity index is 1.63. The summed E-state index contributed by atoms with van der Waals surface area (Å²) < 4.78 is 5.25. The Kier molecular flexibility index (Phi) is 6.39. The van der Waals surface area contributed by atoms with E-state index in [-0.39, 0.29) is 0 Å². The maximum Gasteiger partial charge on any atom is 0.224 e. The van der Waals surface area contributed by atoms with E-state index >= 15 is 0 Å². The lowest BCUT2D eigenvalue weighted by atomic mass is 9.86. The predicted molar refractivity (Wildman–Crippen MR) is 103 cm³/mol. The van der Waals surface area contributed by atoms with Gasteiger partial charge < -0.3 is 21.1 Å². The maximum absolute atomic E-state index is 9.33. The number of nitrogens with one attached hydrogen (secondary N) is 2. The van der Waals surface area contributed by atoms with Gasteiger partial charge in [0.25, 0.3) is 0 Å². The van der Waals surface area contributed by atoms with Gasteiger partial charge in [-0.3, -0.25) is 0 Å². The number of nitrogens with zero attached hydrogens (tertiary/aromatic N) is 4. The van der Waals surface area contributed by atoms with E-state index in [1.807, 2.05) is 12.1 Å². The van der Waals surface area contributed by atoms with Gasteiger partial charge in [0.2, 0.25) is 11.8 Å². The summed E-state index contributed by atoms with van der Waals surface area (Å²) in [4.78, 5) is 12.9. The molecule has 0 aromatic carbocycles. The Morgan fingerprint density at radius 2 is 2.07 bits per heavy atom. The summed E-state index contributed by atoms with van der Waals surface area (Å²) in [5, 5.41) is 15.8. The summed E-state index contributed by atoms with van der Waals surface area (Å²) in [5.41, 5.74) is 7.31. The Labute approximate surface area is 159 Å². The van der Waals surface area contributed by atoms with Crippen LogP contribution in [0.3, 0.4) is 0 Å². The molecule has 0 bridgehead atoms. The minimum Gasteiger partial charge on any atom is -0.481 e. The Bertz CT molecular complexity index is 797. The number of aromatic nitrogens is 3. The number of rotatable bonds is 7. The molecule has 8 nitrogen and oxygen atoms in total. The van der Waals surface area contributed by atoms with Gasteiger partial charge in [-0.1, -0.05) is 6.07 Å². The van der Waals surface area contributed by atoms with Gasteiger partial charge in [0.1, 0.15) is 17.5 Å². The van der Waals surface area contributed by atoms with E-state index in [0.29, 0.717) is 41.7 Å². The summed E-state index contributed by atoms with van der Waals surface area (Å²) in [7, 11) is 1.59. The topological polar surface area (TPSA) is 122 Å². The number of hydrogen-bond donors (Lipinski definition) is 3. The predicted octanol–water partition coefficient (Wildman–Crippen LogP) is 2.29. The van der Waals surface area contributed by atoms with Gasteiger partial charge in [-0.05, 0) is 37.7 Å². The Hall–Kier alpha value is -2.92. The van der Waals surface area contributed by atoms with Crippen molar-refractivity contribution in [1.29, 1.82) is 5.26 Å². The average molecular weight is 367 g/mol. The van der Waals surface area contributed by atoms with Gasteiger partial charge in [0, 0.05) is 30.9 Å². The highest BCUT2D eigenvalue weighted by molar-refractivity contribution is 5.53. The van der Waals surface area contributed by atoms with Crippen LogP contribution in [0.4, 0.5) is 11.8 Å². The molecule has 2 heterocycles. The molecule has 27 heavy (non-hydrogen) atoms. The molecule has 1 aliphatic rings. The third kappa shape index (κ3) is 5.05. The van der Waals surface area contributed by atoms with E-state index in [4.69, 9.17) is 10.5 Å². The van der Waals surface area contributed by atoms with Crippen molar-refractivity contribution in [2.45, 2.75) is 38.3 Å². The van der Waals surface area contributed by atoms with Crippen molar-refractivity contribution in [2.75, 3.05) is 24.3 Å². The Morgan fingerprint density at radius 3 is 2.81 bits per heavy atom. The summed E-state index contributed by atoms with van der Waals surface area (Å²) in [6.07, 6.45) is 7.54. The smallest absolute Gasteiger partial charge is 0.224 e. The van der Waals surface area contributed by atoms with Crippen LogP contribution in [0.5, 0.6) is 5.88 Å². The molecule has 8 heteroatoms. The molecule has 1 fully saturated rings. The van der Waals surface area contributed by atoms with Crippen molar-refractivity contribution < 1.29 is 4.74 Å². The van der Waals surface area contributed by atoms with Crippen LogP contribution in [0.1, 0.15) is 36.8 Å². The molecule has 2 aromatic rings. The van der Waals surface area contributed by atoms with Crippen molar-refractivity contribution in [1.82, 2.24) is 15.0 Å². The number of methoxy groups -OCH3 is 1. The first-order valence-corrected chi connectivity index (χ1v) is 9.18. The van der Waals surface area contributed by atoms with Crippen LogP contribution in [0, 0.1) is 17.2 Å². The molecule has 3 rings (SSSR count). The molecule has 4 N–H and O–H groups in total. The van der Waals surface area contributed by atoms with E-state index < -0.39 is 0 Å². The normalized spacial score (nSPS) is 19.1. The zero-order valence-electron chi connectivity index (χ0n) is 15.5. The van der Waals surface area contributed by atoms with E-state index in [1.165, 1.54) is 6.20 Å².